The lowest BCUT2D eigenvalue weighted by Crippen LogP contribution is -2.46. The first-order valence-corrected chi connectivity index (χ1v) is 8.38. The van der Waals surface area contributed by atoms with E-state index in [0.717, 1.165) is 38.3 Å². The van der Waals surface area contributed by atoms with Gasteiger partial charge in [0.2, 0.25) is 5.91 Å². The summed E-state index contributed by atoms with van der Waals surface area (Å²) < 4.78 is 11.0. The SMILES string of the molecule is O=C(Cc1cc(Cl)c2c(c1)OCCO2)NCCN1CCNCC1. The lowest BCUT2D eigenvalue weighted by molar-refractivity contribution is -0.120. The molecule has 0 bridgehead atoms. The lowest BCUT2D eigenvalue weighted by atomic mass is 10.1. The van der Waals surface area contributed by atoms with Crippen LogP contribution in [0.4, 0.5) is 0 Å². The van der Waals surface area contributed by atoms with E-state index in [1.165, 1.54) is 0 Å². The predicted octanol–water partition coefficient (Wildman–Crippen LogP) is 0.675. The van der Waals surface area contributed by atoms with Crippen LogP contribution in [0.1, 0.15) is 5.56 Å². The quantitative estimate of drug-likeness (QED) is 0.826. The highest BCUT2D eigenvalue weighted by molar-refractivity contribution is 6.32. The summed E-state index contributed by atoms with van der Waals surface area (Å²) in [5, 5.41) is 6.77. The molecule has 0 atom stereocenters. The van der Waals surface area contributed by atoms with Gasteiger partial charge in [0.25, 0.3) is 0 Å². The van der Waals surface area contributed by atoms with Crippen LogP contribution in [-0.4, -0.2) is 63.3 Å². The third-order valence-corrected chi connectivity index (χ3v) is 4.26. The van der Waals surface area contributed by atoms with Crippen LogP contribution in [0, 0.1) is 0 Å². The fourth-order valence-electron chi connectivity index (χ4n) is 2.80. The van der Waals surface area contributed by atoms with Crippen LogP contribution in [0.25, 0.3) is 0 Å². The highest BCUT2D eigenvalue weighted by atomic mass is 35.5. The smallest absolute Gasteiger partial charge is 0.224 e. The second-order valence-corrected chi connectivity index (χ2v) is 6.13. The van der Waals surface area contributed by atoms with E-state index >= 15 is 0 Å². The van der Waals surface area contributed by atoms with Crippen molar-refractivity contribution >= 4 is 17.5 Å². The number of carbonyl (C=O) groups excluding carboxylic acids is 1. The Labute approximate surface area is 141 Å². The van der Waals surface area contributed by atoms with E-state index in [1.807, 2.05) is 6.07 Å². The van der Waals surface area contributed by atoms with Gasteiger partial charge in [-0.1, -0.05) is 11.6 Å². The van der Waals surface area contributed by atoms with Gasteiger partial charge in [-0.2, -0.15) is 0 Å². The molecule has 2 N–H and O–H groups in total. The minimum absolute atomic E-state index is 0.00659. The van der Waals surface area contributed by atoms with Gasteiger partial charge < -0.3 is 20.1 Å². The summed E-state index contributed by atoms with van der Waals surface area (Å²) in [6.07, 6.45) is 0.290. The molecule has 1 saturated heterocycles. The van der Waals surface area contributed by atoms with Crippen LogP contribution < -0.4 is 20.1 Å². The molecule has 0 aliphatic carbocycles. The largest absolute Gasteiger partial charge is 0.486 e. The first kappa shape index (κ1) is 16.4. The highest BCUT2D eigenvalue weighted by Crippen LogP contribution is 2.38. The Bertz CT molecular complexity index is 562. The second kappa shape index (κ2) is 7.86. The Morgan fingerprint density at radius 3 is 2.87 bits per heavy atom. The number of benzene rings is 1. The number of piperazine rings is 1. The summed E-state index contributed by atoms with van der Waals surface area (Å²) >= 11 is 6.19. The molecule has 1 aromatic rings. The van der Waals surface area contributed by atoms with Crippen molar-refractivity contribution in [2.24, 2.45) is 0 Å². The van der Waals surface area contributed by atoms with Crippen molar-refractivity contribution in [3.63, 3.8) is 0 Å². The van der Waals surface area contributed by atoms with Gasteiger partial charge in [-0.05, 0) is 17.7 Å². The summed E-state index contributed by atoms with van der Waals surface area (Å²) in [6.45, 7) is 6.66. The number of ether oxygens (including phenoxy) is 2. The molecule has 0 radical (unpaired) electrons. The molecule has 1 fully saturated rings. The van der Waals surface area contributed by atoms with Gasteiger partial charge in [0.15, 0.2) is 11.5 Å². The van der Waals surface area contributed by atoms with Crippen molar-refractivity contribution in [2.75, 3.05) is 52.5 Å². The molecule has 6 nitrogen and oxygen atoms in total. The molecule has 0 aromatic heterocycles. The van der Waals surface area contributed by atoms with Gasteiger partial charge in [-0.25, -0.2) is 0 Å². The Morgan fingerprint density at radius 1 is 1.26 bits per heavy atom. The fourth-order valence-corrected chi connectivity index (χ4v) is 3.09. The molecule has 3 rings (SSSR count). The Balaban J connectivity index is 1.48. The van der Waals surface area contributed by atoms with Crippen molar-refractivity contribution in [3.8, 4) is 11.5 Å². The van der Waals surface area contributed by atoms with E-state index in [2.05, 4.69) is 15.5 Å². The monoisotopic (exact) mass is 339 g/mol. The molecule has 0 unspecified atom stereocenters. The van der Waals surface area contributed by atoms with Crippen LogP contribution in [0.3, 0.4) is 0 Å². The zero-order chi connectivity index (χ0) is 16.1. The Hall–Kier alpha value is -1.50. The maximum Gasteiger partial charge on any atom is 0.224 e. The van der Waals surface area contributed by atoms with Crippen LogP contribution in [0.5, 0.6) is 11.5 Å². The van der Waals surface area contributed by atoms with Crippen LogP contribution in [0.2, 0.25) is 5.02 Å². The first-order chi connectivity index (χ1) is 11.2. The molecule has 1 amide bonds. The fraction of sp³-hybridized carbons (Fsp3) is 0.562. The topological polar surface area (TPSA) is 62.8 Å². The zero-order valence-corrected chi connectivity index (χ0v) is 13.8. The van der Waals surface area contributed by atoms with E-state index in [-0.39, 0.29) is 12.3 Å². The summed E-state index contributed by atoms with van der Waals surface area (Å²) in [6, 6.07) is 3.60. The molecule has 2 heterocycles. The van der Waals surface area contributed by atoms with Crippen molar-refractivity contribution in [1.82, 2.24) is 15.5 Å². The molecular weight excluding hydrogens is 318 g/mol. The summed E-state index contributed by atoms with van der Waals surface area (Å²) in [5.41, 5.74) is 0.832. The van der Waals surface area contributed by atoms with Crippen LogP contribution >= 0.6 is 11.6 Å². The number of halogens is 1. The van der Waals surface area contributed by atoms with Crippen molar-refractivity contribution in [2.45, 2.75) is 6.42 Å². The number of nitrogens with one attached hydrogen (secondary N) is 2. The molecule has 2 aliphatic rings. The average Bonchev–Trinajstić information content (AvgIpc) is 2.56. The molecular formula is C16H22ClN3O3. The van der Waals surface area contributed by atoms with Gasteiger partial charge in [0, 0.05) is 39.3 Å². The standard InChI is InChI=1S/C16H22ClN3O3/c17-13-9-12(10-14-16(13)23-8-7-22-14)11-15(21)19-3-6-20-4-1-18-2-5-20/h9-10,18H,1-8,11H2,(H,19,21). The van der Waals surface area contributed by atoms with Crippen LogP contribution in [0.15, 0.2) is 12.1 Å². The van der Waals surface area contributed by atoms with Crippen LogP contribution in [-0.2, 0) is 11.2 Å². The summed E-state index contributed by atoms with van der Waals surface area (Å²) in [4.78, 5) is 14.4. The molecule has 126 valence electrons. The maximum absolute atomic E-state index is 12.1. The van der Waals surface area contributed by atoms with Gasteiger partial charge in [-0.15, -0.1) is 0 Å². The number of hydrogen-bond acceptors (Lipinski definition) is 5. The number of rotatable bonds is 5. The molecule has 2 aliphatic heterocycles. The van der Waals surface area contributed by atoms with Crippen molar-refractivity contribution in [3.05, 3.63) is 22.7 Å². The molecule has 0 spiro atoms. The van der Waals surface area contributed by atoms with E-state index in [0.29, 0.717) is 36.3 Å². The van der Waals surface area contributed by atoms with Gasteiger partial charge in [-0.3, -0.25) is 9.69 Å². The number of nitrogens with zero attached hydrogens (tertiary/aromatic N) is 1. The van der Waals surface area contributed by atoms with Crippen molar-refractivity contribution < 1.29 is 14.3 Å². The predicted molar refractivity (Wildman–Crippen MR) is 88.5 cm³/mol. The van der Waals surface area contributed by atoms with E-state index < -0.39 is 0 Å². The Kier molecular flexibility index (Phi) is 5.59. The molecule has 1 aromatic carbocycles. The van der Waals surface area contributed by atoms with Gasteiger partial charge >= 0.3 is 0 Å². The molecule has 7 heteroatoms. The number of amides is 1. The van der Waals surface area contributed by atoms with Gasteiger partial charge in [0.05, 0.1) is 11.4 Å². The molecule has 0 saturated carbocycles. The van der Waals surface area contributed by atoms with E-state index in [4.69, 9.17) is 21.1 Å². The zero-order valence-electron chi connectivity index (χ0n) is 13.1. The minimum atomic E-state index is -0.00659. The third-order valence-electron chi connectivity index (χ3n) is 3.98. The minimum Gasteiger partial charge on any atom is -0.486 e. The normalized spacial score (nSPS) is 17.8. The highest BCUT2D eigenvalue weighted by Gasteiger charge is 2.17. The number of hydrogen-bond donors (Lipinski definition) is 2. The average molecular weight is 340 g/mol. The summed E-state index contributed by atoms with van der Waals surface area (Å²) in [7, 11) is 0. The van der Waals surface area contributed by atoms with Crippen molar-refractivity contribution in [1.29, 1.82) is 0 Å². The first-order valence-electron chi connectivity index (χ1n) is 8.00. The van der Waals surface area contributed by atoms with E-state index in [1.54, 1.807) is 6.07 Å². The maximum atomic E-state index is 12.1. The Morgan fingerprint density at radius 2 is 2.04 bits per heavy atom. The second-order valence-electron chi connectivity index (χ2n) is 5.72. The lowest BCUT2D eigenvalue weighted by Gasteiger charge is -2.27. The molecule has 23 heavy (non-hydrogen) atoms. The number of fused-ring (bicyclic) bond motifs is 1. The third kappa shape index (κ3) is 4.50. The van der Waals surface area contributed by atoms with E-state index in [9.17, 15) is 4.79 Å². The van der Waals surface area contributed by atoms with Gasteiger partial charge in [0.1, 0.15) is 13.2 Å². The number of carbonyl (C=O) groups is 1. The summed E-state index contributed by atoms with van der Waals surface area (Å²) in [5.74, 6) is 1.18.